The fourth-order valence-electron chi connectivity index (χ4n) is 3.53. The highest BCUT2D eigenvalue weighted by atomic mass is 19.1. The Bertz CT molecular complexity index is 1380. The van der Waals surface area contributed by atoms with Crippen molar-refractivity contribution in [1.29, 1.82) is 0 Å². The van der Waals surface area contributed by atoms with Crippen molar-refractivity contribution in [3.05, 3.63) is 90.5 Å². The molecule has 5 rings (SSSR count). The van der Waals surface area contributed by atoms with Gasteiger partial charge in [0, 0.05) is 24.0 Å². The van der Waals surface area contributed by atoms with Crippen LogP contribution in [-0.2, 0) is 0 Å². The maximum absolute atomic E-state index is 13.3. The van der Waals surface area contributed by atoms with Gasteiger partial charge in [-0.15, -0.1) is 0 Å². The minimum atomic E-state index is -0.300. The Kier molecular flexibility index (Phi) is 4.95. The summed E-state index contributed by atoms with van der Waals surface area (Å²) in [6, 6.07) is 19.8. The van der Waals surface area contributed by atoms with Crippen molar-refractivity contribution in [3.8, 4) is 22.6 Å². The molecule has 0 bridgehead atoms. The lowest BCUT2D eigenvalue weighted by Crippen LogP contribution is -2.10. The van der Waals surface area contributed by atoms with Crippen LogP contribution >= 0.6 is 0 Å². The Morgan fingerprint density at radius 3 is 2.50 bits per heavy atom. The number of nitrogens with two attached hydrogens (primary N) is 1. The lowest BCUT2D eigenvalue weighted by atomic mass is 10.1. The highest BCUT2D eigenvalue weighted by Gasteiger charge is 2.14. The summed E-state index contributed by atoms with van der Waals surface area (Å²) in [7, 11) is 0. The van der Waals surface area contributed by atoms with E-state index in [2.05, 4.69) is 44.3 Å². The summed E-state index contributed by atoms with van der Waals surface area (Å²) in [6.45, 7) is 2.05. The molecule has 0 aliphatic heterocycles. The standard InChI is InChI=1S/C24H20FN7/c1-15(16-5-3-2-4-6-16)28-23-27-12-11-19(29-23)21-13-22(26)31-24-30-20(14-32(21)24)17-7-9-18(25)10-8-17/h2-15H,1H3,(H2,26,30,31)(H,27,28,29)/t15-/m0/s1. The maximum atomic E-state index is 13.3. The second kappa shape index (κ2) is 8.07. The lowest BCUT2D eigenvalue weighted by Gasteiger charge is -2.14. The summed E-state index contributed by atoms with van der Waals surface area (Å²) in [5.41, 5.74) is 10.0. The molecule has 0 fully saturated rings. The van der Waals surface area contributed by atoms with Gasteiger partial charge in [-0.1, -0.05) is 30.3 Å². The van der Waals surface area contributed by atoms with E-state index in [0.29, 0.717) is 28.9 Å². The molecule has 0 aliphatic rings. The SMILES string of the molecule is C[C@H](Nc1nccc(-c2cc(N)nc3nc(-c4ccc(F)cc4)cn23)n1)c1ccccc1. The molecule has 0 unspecified atom stereocenters. The molecule has 0 spiro atoms. The second-order valence-electron chi connectivity index (χ2n) is 7.41. The van der Waals surface area contributed by atoms with Crippen LogP contribution in [0.3, 0.4) is 0 Å². The average Bonchev–Trinajstić information content (AvgIpc) is 3.23. The Balaban J connectivity index is 1.53. The van der Waals surface area contributed by atoms with Crippen molar-refractivity contribution in [2.45, 2.75) is 13.0 Å². The number of hydrogen-bond donors (Lipinski definition) is 2. The Morgan fingerprint density at radius 2 is 1.72 bits per heavy atom. The number of aromatic nitrogens is 5. The van der Waals surface area contributed by atoms with Gasteiger partial charge in [-0.2, -0.15) is 4.98 Å². The monoisotopic (exact) mass is 425 g/mol. The second-order valence-corrected chi connectivity index (χ2v) is 7.41. The molecule has 3 N–H and O–H groups in total. The van der Waals surface area contributed by atoms with Gasteiger partial charge in [-0.25, -0.2) is 19.3 Å². The molecule has 5 aromatic rings. The van der Waals surface area contributed by atoms with Gasteiger partial charge in [-0.05, 0) is 42.8 Å². The highest BCUT2D eigenvalue weighted by Crippen LogP contribution is 2.26. The molecular formula is C24H20FN7. The molecule has 3 aromatic heterocycles. The molecule has 158 valence electrons. The zero-order valence-electron chi connectivity index (χ0n) is 17.3. The summed E-state index contributed by atoms with van der Waals surface area (Å²) in [5, 5.41) is 3.34. The van der Waals surface area contributed by atoms with Crippen LogP contribution < -0.4 is 11.1 Å². The fraction of sp³-hybridized carbons (Fsp3) is 0.0833. The highest BCUT2D eigenvalue weighted by molar-refractivity contribution is 5.68. The summed E-state index contributed by atoms with van der Waals surface area (Å²) in [5.74, 6) is 0.965. The van der Waals surface area contributed by atoms with Gasteiger partial charge < -0.3 is 11.1 Å². The summed E-state index contributed by atoms with van der Waals surface area (Å²) in [4.78, 5) is 17.9. The minimum Gasteiger partial charge on any atom is -0.384 e. The van der Waals surface area contributed by atoms with E-state index < -0.39 is 0 Å². The number of fused-ring (bicyclic) bond motifs is 1. The molecule has 0 amide bonds. The molecule has 0 radical (unpaired) electrons. The molecule has 32 heavy (non-hydrogen) atoms. The molecule has 0 saturated carbocycles. The lowest BCUT2D eigenvalue weighted by molar-refractivity contribution is 0.628. The summed E-state index contributed by atoms with van der Waals surface area (Å²) >= 11 is 0. The van der Waals surface area contributed by atoms with E-state index in [1.54, 1.807) is 24.4 Å². The maximum Gasteiger partial charge on any atom is 0.236 e. The van der Waals surface area contributed by atoms with E-state index in [9.17, 15) is 4.39 Å². The number of nitrogens with one attached hydrogen (secondary N) is 1. The topological polar surface area (TPSA) is 94.0 Å². The third kappa shape index (κ3) is 3.85. The van der Waals surface area contributed by atoms with Crippen LogP contribution in [0.1, 0.15) is 18.5 Å². The van der Waals surface area contributed by atoms with Gasteiger partial charge in [0.05, 0.1) is 23.1 Å². The van der Waals surface area contributed by atoms with Gasteiger partial charge in [0.25, 0.3) is 0 Å². The first-order valence-corrected chi connectivity index (χ1v) is 10.1. The zero-order valence-corrected chi connectivity index (χ0v) is 17.3. The first kappa shape index (κ1) is 19.6. The van der Waals surface area contributed by atoms with Crippen LogP contribution in [0.25, 0.3) is 28.4 Å². The number of imidazole rings is 1. The number of hydrogen-bond acceptors (Lipinski definition) is 6. The van der Waals surface area contributed by atoms with Crippen LogP contribution in [0, 0.1) is 5.82 Å². The summed E-state index contributed by atoms with van der Waals surface area (Å²) < 4.78 is 15.1. The number of nitrogen functional groups attached to an aromatic ring is 1. The minimum absolute atomic E-state index is 0.0345. The van der Waals surface area contributed by atoms with E-state index in [0.717, 1.165) is 16.8 Å². The van der Waals surface area contributed by atoms with E-state index >= 15 is 0 Å². The van der Waals surface area contributed by atoms with Gasteiger partial charge in [0.2, 0.25) is 11.7 Å². The molecule has 8 heteroatoms. The van der Waals surface area contributed by atoms with Crippen LogP contribution in [0.5, 0.6) is 0 Å². The van der Waals surface area contributed by atoms with Crippen LogP contribution in [0.4, 0.5) is 16.2 Å². The number of rotatable bonds is 5. The van der Waals surface area contributed by atoms with Crippen molar-refractivity contribution >= 4 is 17.5 Å². The number of nitrogens with zero attached hydrogens (tertiary/aromatic N) is 5. The largest absolute Gasteiger partial charge is 0.384 e. The van der Waals surface area contributed by atoms with Gasteiger partial charge in [0.1, 0.15) is 11.6 Å². The molecule has 2 aromatic carbocycles. The Labute approximate surface area is 183 Å². The quantitative estimate of drug-likeness (QED) is 0.422. The normalized spacial score (nSPS) is 12.1. The molecule has 0 aliphatic carbocycles. The number of halogens is 1. The van der Waals surface area contributed by atoms with Crippen molar-refractivity contribution < 1.29 is 4.39 Å². The van der Waals surface area contributed by atoms with Crippen molar-refractivity contribution in [3.63, 3.8) is 0 Å². The van der Waals surface area contributed by atoms with E-state index in [-0.39, 0.29) is 11.9 Å². The van der Waals surface area contributed by atoms with E-state index in [4.69, 9.17) is 5.73 Å². The first-order valence-electron chi connectivity index (χ1n) is 10.1. The molecule has 1 atom stereocenters. The van der Waals surface area contributed by atoms with Crippen LogP contribution in [-0.4, -0.2) is 24.3 Å². The smallest absolute Gasteiger partial charge is 0.236 e. The number of benzene rings is 2. The molecule has 0 saturated heterocycles. The fourth-order valence-corrected chi connectivity index (χ4v) is 3.53. The predicted molar refractivity (Wildman–Crippen MR) is 122 cm³/mol. The van der Waals surface area contributed by atoms with Crippen molar-refractivity contribution in [2.75, 3.05) is 11.1 Å². The Morgan fingerprint density at radius 1 is 0.938 bits per heavy atom. The third-order valence-electron chi connectivity index (χ3n) is 5.16. The molecule has 7 nitrogen and oxygen atoms in total. The third-order valence-corrected chi connectivity index (χ3v) is 5.16. The average molecular weight is 425 g/mol. The zero-order chi connectivity index (χ0) is 22.1. The van der Waals surface area contributed by atoms with Gasteiger partial charge in [0.15, 0.2) is 0 Å². The Hall–Kier alpha value is -4.33. The van der Waals surface area contributed by atoms with Crippen molar-refractivity contribution in [2.24, 2.45) is 0 Å². The van der Waals surface area contributed by atoms with E-state index in [1.165, 1.54) is 12.1 Å². The van der Waals surface area contributed by atoms with E-state index in [1.807, 2.05) is 34.9 Å². The number of anilines is 2. The van der Waals surface area contributed by atoms with Gasteiger partial charge in [-0.3, -0.25) is 4.40 Å². The van der Waals surface area contributed by atoms with Crippen molar-refractivity contribution in [1.82, 2.24) is 24.3 Å². The predicted octanol–water partition coefficient (Wildman–Crippen LogP) is 4.75. The molecule has 3 heterocycles. The first-order chi connectivity index (χ1) is 15.6. The van der Waals surface area contributed by atoms with Crippen LogP contribution in [0.2, 0.25) is 0 Å². The summed E-state index contributed by atoms with van der Waals surface area (Å²) in [6.07, 6.45) is 3.54. The molecular weight excluding hydrogens is 405 g/mol. The van der Waals surface area contributed by atoms with Crippen LogP contribution in [0.15, 0.2) is 79.1 Å². The van der Waals surface area contributed by atoms with Gasteiger partial charge >= 0.3 is 0 Å².